The molecule has 2 rings (SSSR count). The van der Waals surface area contributed by atoms with E-state index in [-0.39, 0.29) is 11.4 Å². The molecule has 4 nitrogen and oxygen atoms in total. The lowest BCUT2D eigenvalue weighted by molar-refractivity contribution is 0.207. The fraction of sp³-hybridized carbons (Fsp3) is 0.350. The van der Waals surface area contributed by atoms with E-state index in [0.717, 1.165) is 17.0 Å². The van der Waals surface area contributed by atoms with Gasteiger partial charge in [-0.1, -0.05) is 50.6 Å². The molecule has 0 fully saturated rings. The van der Waals surface area contributed by atoms with Gasteiger partial charge in [-0.3, -0.25) is 0 Å². The molecular formula is C20H25ClN2O2. The van der Waals surface area contributed by atoms with Crippen molar-refractivity contribution in [1.29, 1.82) is 0 Å². The van der Waals surface area contributed by atoms with Gasteiger partial charge in [0, 0.05) is 17.8 Å². The molecule has 25 heavy (non-hydrogen) atoms. The first-order valence-electron chi connectivity index (χ1n) is 8.27. The summed E-state index contributed by atoms with van der Waals surface area (Å²) in [6, 6.07) is 14.9. The van der Waals surface area contributed by atoms with E-state index >= 15 is 0 Å². The molecule has 0 atom stereocenters. The molecule has 0 bridgehead atoms. The molecule has 0 radical (unpaired) electrons. The lowest BCUT2D eigenvalue weighted by Crippen LogP contribution is -2.35. The summed E-state index contributed by atoms with van der Waals surface area (Å²) in [6.45, 7) is 7.27. The highest BCUT2D eigenvalue weighted by molar-refractivity contribution is 6.30. The Hall–Kier alpha value is -2.20. The fourth-order valence-corrected chi connectivity index (χ4v) is 2.52. The van der Waals surface area contributed by atoms with E-state index in [4.69, 9.17) is 16.3 Å². The van der Waals surface area contributed by atoms with Crippen molar-refractivity contribution in [3.8, 4) is 5.75 Å². The number of ether oxygens (including phenoxy) is 1. The molecule has 2 aromatic carbocycles. The molecule has 0 aliphatic rings. The minimum Gasteiger partial charge on any atom is -0.492 e. The van der Waals surface area contributed by atoms with Crippen LogP contribution in [0.3, 0.4) is 0 Å². The van der Waals surface area contributed by atoms with Crippen LogP contribution in [0.15, 0.2) is 48.5 Å². The fourth-order valence-electron chi connectivity index (χ4n) is 2.39. The average molecular weight is 361 g/mol. The summed E-state index contributed by atoms with van der Waals surface area (Å²) in [6.07, 6.45) is 0. The lowest BCUT2D eigenvalue weighted by atomic mass is 9.86. The van der Waals surface area contributed by atoms with Crippen molar-refractivity contribution in [1.82, 2.24) is 4.90 Å². The predicted octanol–water partition coefficient (Wildman–Crippen LogP) is 5.18. The maximum absolute atomic E-state index is 12.4. The number of hydrogen-bond donors (Lipinski definition) is 1. The number of halogens is 1. The first kappa shape index (κ1) is 19.1. The van der Waals surface area contributed by atoms with E-state index < -0.39 is 0 Å². The summed E-state index contributed by atoms with van der Waals surface area (Å²) in [7, 11) is 1.75. The van der Waals surface area contributed by atoms with Gasteiger partial charge >= 0.3 is 6.03 Å². The third-order valence-corrected chi connectivity index (χ3v) is 4.08. The van der Waals surface area contributed by atoms with Gasteiger partial charge in [0.05, 0.1) is 6.54 Å². The molecule has 0 saturated heterocycles. The van der Waals surface area contributed by atoms with Crippen molar-refractivity contribution in [2.45, 2.75) is 26.2 Å². The van der Waals surface area contributed by atoms with Crippen molar-refractivity contribution in [3.63, 3.8) is 0 Å². The molecule has 5 heteroatoms. The Kier molecular flexibility index (Phi) is 6.32. The van der Waals surface area contributed by atoms with Crippen LogP contribution in [0.2, 0.25) is 5.02 Å². The van der Waals surface area contributed by atoms with Gasteiger partial charge in [0.1, 0.15) is 12.4 Å². The van der Waals surface area contributed by atoms with Crippen molar-refractivity contribution < 1.29 is 9.53 Å². The van der Waals surface area contributed by atoms with Crippen LogP contribution in [-0.2, 0) is 5.41 Å². The second-order valence-electron chi connectivity index (χ2n) is 6.95. The van der Waals surface area contributed by atoms with Gasteiger partial charge in [-0.25, -0.2) is 4.79 Å². The Morgan fingerprint density at radius 3 is 2.40 bits per heavy atom. The summed E-state index contributed by atoms with van der Waals surface area (Å²) in [5, 5.41) is 3.65. The molecule has 1 N–H and O–H groups in total. The van der Waals surface area contributed by atoms with E-state index in [1.807, 2.05) is 36.4 Å². The number of carbonyl (C=O) groups excluding carboxylic acids is 1. The third-order valence-electron chi connectivity index (χ3n) is 3.83. The van der Waals surface area contributed by atoms with Crippen molar-refractivity contribution in [2.75, 3.05) is 25.5 Å². The van der Waals surface area contributed by atoms with Gasteiger partial charge in [-0.05, 0) is 41.3 Å². The quantitative estimate of drug-likeness (QED) is 0.798. The second-order valence-corrected chi connectivity index (χ2v) is 7.39. The van der Waals surface area contributed by atoms with Crippen LogP contribution < -0.4 is 10.1 Å². The number of hydrogen-bond acceptors (Lipinski definition) is 2. The molecule has 0 aromatic heterocycles. The number of carbonyl (C=O) groups is 1. The van der Waals surface area contributed by atoms with Gasteiger partial charge in [0.2, 0.25) is 0 Å². The van der Waals surface area contributed by atoms with E-state index in [1.54, 1.807) is 24.1 Å². The van der Waals surface area contributed by atoms with Crippen LogP contribution >= 0.6 is 11.6 Å². The minimum atomic E-state index is -0.156. The zero-order valence-corrected chi connectivity index (χ0v) is 15.9. The van der Waals surface area contributed by atoms with Crippen molar-refractivity contribution in [3.05, 3.63) is 59.1 Å². The Balaban J connectivity index is 1.89. The highest BCUT2D eigenvalue weighted by Gasteiger charge is 2.19. The number of nitrogens with one attached hydrogen (secondary N) is 1. The number of amides is 2. The summed E-state index contributed by atoms with van der Waals surface area (Å²) < 4.78 is 5.63. The van der Waals surface area contributed by atoms with Gasteiger partial charge in [0.15, 0.2) is 0 Å². The Morgan fingerprint density at radius 1 is 1.12 bits per heavy atom. The standard InChI is InChI=1S/C20H25ClN2O2/c1-20(2,3)17-7-5-6-8-18(17)22-19(24)23(4)13-14-25-16-11-9-15(21)10-12-16/h5-12H,13-14H2,1-4H3,(H,22,24). The number of anilines is 1. The predicted molar refractivity (Wildman–Crippen MR) is 104 cm³/mol. The smallest absolute Gasteiger partial charge is 0.321 e. The molecule has 2 amide bonds. The summed E-state index contributed by atoms with van der Waals surface area (Å²) in [5.41, 5.74) is 1.90. The normalized spacial score (nSPS) is 11.1. The van der Waals surface area contributed by atoms with Crippen LogP contribution in [0, 0.1) is 0 Å². The van der Waals surface area contributed by atoms with Crippen molar-refractivity contribution >= 4 is 23.3 Å². The molecule has 2 aromatic rings. The van der Waals surface area contributed by atoms with Crippen LogP contribution in [0.5, 0.6) is 5.75 Å². The van der Waals surface area contributed by atoms with Gasteiger partial charge in [0.25, 0.3) is 0 Å². The number of rotatable bonds is 5. The topological polar surface area (TPSA) is 41.6 Å². The van der Waals surface area contributed by atoms with E-state index in [9.17, 15) is 4.79 Å². The number of benzene rings is 2. The van der Waals surface area contributed by atoms with Gasteiger partial charge in [-0.15, -0.1) is 0 Å². The molecule has 0 aliphatic heterocycles. The molecule has 0 saturated carbocycles. The van der Waals surface area contributed by atoms with E-state index in [2.05, 4.69) is 26.1 Å². The first-order chi connectivity index (χ1) is 11.8. The van der Waals surface area contributed by atoms with Gasteiger partial charge in [-0.2, -0.15) is 0 Å². The van der Waals surface area contributed by atoms with E-state index in [0.29, 0.717) is 18.2 Å². The Morgan fingerprint density at radius 2 is 1.76 bits per heavy atom. The van der Waals surface area contributed by atoms with Crippen LogP contribution in [-0.4, -0.2) is 31.1 Å². The van der Waals surface area contributed by atoms with Crippen LogP contribution in [0.4, 0.5) is 10.5 Å². The summed E-state index contributed by atoms with van der Waals surface area (Å²) >= 11 is 5.84. The first-order valence-corrected chi connectivity index (χ1v) is 8.65. The molecule has 134 valence electrons. The number of likely N-dealkylation sites (N-methyl/N-ethyl adjacent to an activating group) is 1. The SMILES string of the molecule is CN(CCOc1ccc(Cl)cc1)C(=O)Nc1ccccc1C(C)(C)C. The largest absolute Gasteiger partial charge is 0.492 e. The highest BCUT2D eigenvalue weighted by Crippen LogP contribution is 2.29. The van der Waals surface area contributed by atoms with Gasteiger partial charge < -0.3 is 15.0 Å². The Bertz CT molecular complexity index is 708. The highest BCUT2D eigenvalue weighted by atomic mass is 35.5. The molecule has 0 unspecified atom stereocenters. The molecular weight excluding hydrogens is 336 g/mol. The second kappa shape index (κ2) is 8.26. The third kappa shape index (κ3) is 5.68. The maximum atomic E-state index is 12.4. The zero-order valence-electron chi connectivity index (χ0n) is 15.2. The number of nitrogens with zero attached hydrogens (tertiary/aromatic N) is 1. The van der Waals surface area contributed by atoms with Crippen LogP contribution in [0.25, 0.3) is 0 Å². The Labute approximate surface area is 154 Å². The molecule has 0 spiro atoms. The zero-order chi connectivity index (χ0) is 18.4. The number of para-hydroxylation sites is 1. The maximum Gasteiger partial charge on any atom is 0.321 e. The lowest BCUT2D eigenvalue weighted by Gasteiger charge is -2.25. The number of urea groups is 1. The minimum absolute atomic E-state index is 0.0415. The molecule has 0 heterocycles. The van der Waals surface area contributed by atoms with Crippen molar-refractivity contribution in [2.24, 2.45) is 0 Å². The molecule has 0 aliphatic carbocycles. The summed E-state index contributed by atoms with van der Waals surface area (Å²) in [5.74, 6) is 0.733. The summed E-state index contributed by atoms with van der Waals surface area (Å²) in [4.78, 5) is 14.0. The monoisotopic (exact) mass is 360 g/mol. The van der Waals surface area contributed by atoms with Crippen LogP contribution in [0.1, 0.15) is 26.3 Å². The van der Waals surface area contributed by atoms with E-state index in [1.165, 1.54) is 0 Å². The average Bonchev–Trinajstić information content (AvgIpc) is 2.56.